The van der Waals surface area contributed by atoms with Crippen LogP contribution in [0.3, 0.4) is 0 Å². The predicted molar refractivity (Wildman–Crippen MR) is 85.8 cm³/mol. The molecule has 4 heteroatoms. The highest BCUT2D eigenvalue weighted by Gasteiger charge is 2.30. The molecular weight excluding hydrogens is 262 g/mol. The van der Waals surface area contributed by atoms with Crippen LogP contribution in [-0.4, -0.2) is 37.5 Å². The number of nitrogens with two attached hydrogens (primary N) is 1. The van der Waals surface area contributed by atoms with Crippen LogP contribution in [0.5, 0.6) is 0 Å². The van der Waals surface area contributed by atoms with Crippen molar-refractivity contribution in [3.05, 3.63) is 35.9 Å². The van der Waals surface area contributed by atoms with Gasteiger partial charge in [0.2, 0.25) is 5.91 Å². The summed E-state index contributed by atoms with van der Waals surface area (Å²) in [4.78, 5) is 13.7. The number of nitrogens with one attached hydrogen (secondary N) is 1. The third kappa shape index (κ3) is 4.29. The second-order valence-corrected chi connectivity index (χ2v) is 6.20. The van der Waals surface area contributed by atoms with Crippen molar-refractivity contribution >= 4 is 5.91 Å². The van der Waals surface area contributed by atoms with Gasteiger partial charge in [0.25, 0.3) is 0 Å². The maximum Gasteiger partial charge on any atom is 0.233 e. The van der Waals surface area contributed by atoms with Crippen molar-refractivity contribution in [1.29, 1.82) is 0 Å². The third-order valence-corrected chi connectivity index (χ3v) is 4.47. The second kappa shape index (κ2) is 7.57. The molecule has 0 aromatic heterocycles. The van der Waals surface area contributed by atoms with Crippen LogP contribution >= 0.6 is 0 Å². The minimum atomic E-state index is -0.0364. The molecule has 0 bridgehead atoms. The van der Waals surface area contributed by atoms with Gasteiger partial charge < -0.3 is 16.0 Å². The number of amides is 1. The molecule has 0 aliphatic heterocycles. The minimum Gasteiger partial charge on any atom is -0.352 e. The smallest absolute Gasteiger partial charge is 0.233 e. The fraction of sp³-hybridized carbons (Fsp3) is 0.588. The lowest BCUT2D eigenvalue weighted by Gasteiger charge is -2.37. The number of rotatable bonds is 5. The lowest BCUT2D eigenvalue weighted by atomic mass is 9.78. The Labute approximate surface area is 127 Å². The van der Waals surface area contributed by atoms with Crippen molar-refractivity contribution < 1.29 is 4.79 Å². The summed E-state index contributed by atoms with van der Waals surface area (Å²) >= 11 is 0. The van der Waals surface area contributed by atoms with Gasteiger partial charge >= 0.3 is 0 Å². The number of benzene rings is 1. The van der Waals surface area contributed by atoms with Gasteiger partial charge in [-0.05, 0) is 51.3 Å². The Morgan fingerprint density at radius 2 is 1.86 bits per heavy atom. The van der Waals surface area contributed by atoms with Crippen LogP contribution in [0.15, 0.2) is 30.3 Å². The van der Waals surface area contributed by atoms with E-state index in [0.717, 1.165) is 25.7 Å². The monoisotopic (exact) mass is 289 g/mol. The summed E-state index contributed by atoms with van der Waals surface area (Å²) in [5.41, 5.74) is 6.75. The Hall–Kier alpha value is -1.39. The van der Waals surface area contributed by atoms with Crippen molar-refractivity contribution in [2.24, 2.45) is 11.7 Å². The second-order valence-electron chi connectivity index (χ2n) is 6.20. The zero-order valence-electron chi connectivity index (χ0n) is 13.1. The molecule has 1 aromatic carbocycles. The highest BCUT2D eigenvalue weighted by atomic mass is 16.1. The minimum absolute atomic E-state index is 0.0364. The first-order chi connectivity index (χ1) is 10.1. The van der Waals surface area contributed by atoms with Crippen LogP contribution in [0.25, 0.3) is 0 Å². The summed E-state index contributed by atoms with van der Waals surface area (Å²) in [5, 5.41) is 3.02. The van der Waals surface area contributed by atoms with E-state index in [0.29, 0.717) is 18.0 Å². The van der Waals surface area contributed by atoms with Crippen LogP contribution < -0.4 is 11.1 Å². The molecule has 0 radical (unpaired) electrons. The molecular formula is C17H27N3O. The van der Waals surface area contributed by atoms with Gasteiger partial charge in [-0.2, -0.15) is 0 Å². The highest BCUT2D eigenvalue weighted by Crippen LogP contribution is 2.37. The maximum atomic E-state index is 11.4. The van der Waals surface area contributed by atoms with E-state index in [4.69, 9.17) is 5.73 Å². The molecule has 0 heterocycles. The molecule has 1 unspecified atom stereocenters. The summed E-state index contributed by atoms with van der Waals surface area (Å²) < 4.78 is 0. The number of hydrogen-bond donors (Lipinski definition) is 2. The van der Waals surface area contributed by atoms with E-state index in [9.17, 15) is 4.79 Å². The van der Waals surface area contributed by atoms with Crippen LogP contribution in [0, 0.1) is 5.92 Å². The van der Waals surface area contributed by atoms with Crippen molar-refractivity contribution in [2.45, 2.75) is 37.8 Å². The van der Waals surface area contributed by atoms with E-state index in [1.165, 1.54) is 5.56 Å². The topological polar surface area (TPSA) is 58.4 Å². The van der Waals surface area contributed by atoms with Gasteiger partial charge in [-0.15, -0.1) is 0 Å². The normalized spacial score (nSPS) is 23.8. The maximum absolute atomic E-state index is 11.4. The van der Waals surface area contributed by atoms with Crippen molar-refractivity contribution in [3.63, 3.8) is 0 Å². The zero-order valence-corrected chi connectivity index (χ0v) is 13.1. The average molecular weight is 289 g/mol. The lowest BCUT2D eigenvalue weighted by Crippen LogP contribution is -2.42. The van der Waals surface area contributed by atoms with E-state index in [-0.39, 0.29) is 12.5 Å². The average Bonchev–Trinajstić information content (AvgIpc) is 2.50. The molecule has 1 atom stereocenters. The molecule has 21 heavy (non-hydrogen) atoms. The van der Waals surface area contributed by atoms with E-state index in [1.54, 1.807) is 0 Å². The largest absolute Gasteiger partial charge is 0.352 e. The molecule has 0 saturated heterocycles. The number of carbonyl (C=O) groups excluding carboxylic acids is 1. The standard InChI is InChI=1S/C17H27N3O/c1-20(2)17(13-6-4-3-5-7-13)14-8-10-15(11-9-14)19-16(21)12-18/h3-7,14-15,17H,8-12,18H2,1-2H3,(H,19,21). The Kier molecular flexibility index (Phi) is 5.76. The quantitative estimate of drug-likeness (QED) is 0.870. The van der Waals surface area contributed by atoms with E-state index >= 15 is 0 Å². The SMILES string of the molecule is CN(C)C(c1ccccc1)C1CCC(NC(=O)CN)CC1. The van der Waals surface area contributed by atoms with E-state index in [1.807, 2.05) is 0 Å². The van der Waals surface area contributed by atoms with Gasteiger partial charge in [-0.25, -0.2) is 0 Å². The van der Waals surface area contributed by atoms with Gasteiger partial charge in [0, 0.05) is 12.1 Å². The van der Waals surface area contributed by atoms with Crippen molar-refractivity contribution in [1.82, 2.24) is 10.2 Å². The molecule has 1 aromatic rings. The predicted octanol–water partition coefficient (Wildman–Crippen LogP) is 1.92. The fourth-order valence-corrected chi connectivity index (χ4v) is 3.51. The molecule has 4 nitrogen and oxygen atoms in total. The van der Waals surface area contributed by atoms with E-state index < -0.39 is 0 Å². The Morgan fingerprint density at radius 3 is 2.38 bits per heavy atom. The van der Waals surface area contributed by atoms with Crippen molar-refractivity contribution in [3.8, 4) is 0 Å². The number of hydrogen-bond acceptors (Lipinski definition) is 3. The highest BCUT2D eigenvalue weighted by molar-refractivity contribution is 5.78. The summed E-state index contributed by atoms with van der Waals surface area (Å²) in [6, 6.07) is 11.5. The molecule has 1 amide bonds. The van der Waals surface area contributed by atoms with Crippen LogP contribution in [0.4, 0.5) is 0 Å². The van der Waals surface area contributed by atoms with Crippen molar-refractivity contribution in [2.75, 3.05) is 20.6 Å². The number of carbonyl (C=O) groups is 1. The van der Waals surface area contributed by atoms with Gasteiger partial charge in [0.1, 0.15) is 0 Å². The Balaban J connectivity index is 1.97. The molecule has 1 saturated carbocycles. The molecule has 1 aliphatic carbocycles. The first kappa shape index (κ1) is 16.0. The van der Waals surface area contributed by atoms with E-state index in [2.05, 4.69) is 54.6 Å². The molecule has 0 spiro atoms. The Morgan fingerprint density at radius 1 is 1.24 bits per heavy atom. The summed E-state index contributed by atoms with van der Waals surface area (Å²) in [5.74, 6) is 0.610. The molecule has 3 N–H and O–H groups in total. The Bertz CT molecular complexity index is 439. The molecule has 2 rings (SSSR count). The lowest BCUT2D eigenvalue weighted by molar-refractivity contribution is -0.120. The number of nitrogens with zero attached hydrogens (tertiary/aromatic N) is 1. The molecule has 1 fully saturated rings. The van der Waals surface area contributed by atoms with Crippen LogP contribution in [0.1, 0.15) is 37.3 Å². The first-order valence-corrected chi connectivity index (χ1v) is 7.82. The fourth-order valence-electron chi connectivity index (χ4n) is 3.51. The zero-order chi connectivity index (χ0) is 15.2. The molecule has 1 aliphatic rings. The first-order valence-electron chi connectivity index (χ1n) is 7.82. The third-order valence-electron chi connectivity index (χ3n) is 4.47. The van der Waals surface area contributed by atoms with Crippen LogP contribution in [-0.2, 0) is 4.79 Å². The van der Waals surface area contributed by atoms with Gasteiger partial charge in [-0.1, -0.05) is 30.3 Å². The summed E-state index contributed by atoms with van der Waals surface area (Å²) in [6.45, 7) is 0.0876. The van der Waals surface area contributed by atoms with Gasteiger partial charge in [0.15, 0.2) is 0 Å². The summed E-state index contributed by atoms with van der Waals surface area (Å²) in [6.07, 6.45) is 4.39. The van der Waals surface area contributed by atoms with Gasteiger partial charge in [0.05, 0.1) is 6.54 Å². The molecule has 116 valence electrons. The van der Waals surface area contributed by atoms with Crippen LogP contribution in [0.2, 0.25) is 0 Å². The summed E-state index contributed by atoms with van der Waals surface area (Å²) in [7, 11) is 4.31. The van der Waals surface area contributed by atoms with Gasteiger partial charge in [-0.3, -0.25) is 4.79 Å².